The van der Waals surface area contributed by atoms with Crippen molar-refractivity contribution in [3.8, 4) is 0 Å². The Balaban J connectivity index is 2.30. The average Bonchev–Trinajstić information content (AvgIpc) is 2.41. The summed E-state index contributed by atoms with van der Waals surface area (Å²) >= 11 is 11.6. The molecule has 0 aliphatic heterocycles. The largest absolute Gasteiger partial charge is 0.307 e. The maximum atomic E-state index is 12.1. The van der Waals surface area contributed by atoms with Gasteiger partial charge in [-0.1, -0.05) is 23.2 Å². The zero-order valence-electron chi connectivity index (χ0n) is 9.97. The predicted octanol–water partition coefficient (Wildman–Crippen LogP) is 2.47. The standard InChI is InChI=1S/C11H10Cl2N4O2S/c12-7-1-3-8(4-2-7)17-20(18,19)9-5-10(13)11(16-14)15-6-9/h1-6,17H,14H2,(H,15,16). The van der Waals surface area contributed by atoms with Crippen molar-refractivity contribution in [1.29, 1.82) is 0 Å². The summed E-state index contributed by atoms with van der Waals surface area (Å²) in [6.07, 6.45) is 1.15. The molecular weight excluding hydrogens is 323 g/mol. The van der Waals surface area contributed by atoms with Crippen LogP contribution in [0.3, 0.4) is 0 Å². The maximum absolute atomic E-state index is 12.1. The van der Waals surface area contributed by atoms with Crippen LogP contribution in [0.15, 0.2) is 41.4 Å². The Kier molecular flexibility index (Phi) is 4.34. The number of nitrogen functional groups attached to an aromatic ring is 1. The van der Waals surface area contributed by atoms with Crippen LogP contribution in [-0.4, -0.2) is 13.4 Å². The van der Waals surface area contributed by atoms with Crippen molar-refractivity contribution in [2.45, 2.75) is 4.90 Å². The van der Waals surface area contributed by atoms with Crippen LogP contribution in [0.4, 0.5) is 11.5 Å². The maximum Gasteiger partial charge on any atom is 0.263 e. The van der Waals surface area contributed by atoms with Gasteiger partial charge in [-0.15, -0.1) is 0 Å². The number of halogens is 2. The number of hydrogen-bond donors (Lipinski definition) is 3. The summed E-state index contributed by atoms with van der Waals surface area (Å²) in [5.74, 6) is 5.36. The Hall–Kier alpha value is -1.54. The van der Waals surface area contributed by atoms with Gasteiger partial charge in [-0.05, 0) is 30.3 Å². The van der Waals surface area contributed by atoms with Crippen molar-refractivity contribution in [3.05, 3.63) is 46.6 Å². The van der Waals surface area contributed by atoms with Crippen molar-refractivity contribution in [2.24, 2.45) is 5.84 Å². The first kappa shape index (κ1) is 14.9. The lowest BCUT2D eigenvalue weighted by Gasteiger charge is -2.09. The number of hydrogen-bond acceptors (Lipinski definition) is 5. The Morgan fingerprint density at radius 3 is 2.35 bits per heavy atom. The number of benzene rings is 1. The van der Waals surface area contributed by atoms with Crippen molar-refractivity contribution in [2.75, 3.05) is 10.1 Å². The van der Waals surface area contributed by atoms with E-state index in [0.717, 1.165) is 6.20 Å². The van der Waals surface area contributed by atoms with Crippen LogP contribution in [0.5, 0.6) is 0 Å². The van der Waals surface area contributed by atoms with Crippen molar-refractivity contribution >= 4 is 44.7 Å². The molecule has 0 unspecified atom stereocenters. The molecule has 106 valence electrons. The Morgan fingerprint density at radius 2 is 1.80 bits per heavy atom. The molecule has 6 nitrogen and oxygen atoms in total. The zero-order chi connectivity index (χ0) is 14.8. The first-order valence-corrected chi connectivity index (χ1v) is 7.57. The highest BCUT2D eigenvalue weighted by atomic mass is 35.5. The number of aromatic nitrogens is 1. The van der Waals surface area contributed by atoms with Gasteiger partial charge in [-0.2, -0.15) is 0 Å². The highest BCUT2D eigenvalue weighted by Crippen LogP contribution is 2.23. The minimum Gasteiger partial charge on any atom is -0.307 e. The minimum atomic E-state index is -3.78. The van der Waals surface area contributed by atoms with E-state index in [-0.39, 0.29) is 15.7 Å². The highest BCUT2D eigenvalue weighted by molar-refractivity contribution is 7.92. The summed E-state index contributed by atoms with van der Waals surface area (Å²) in [6, 6.07) is 7.50. The molecule has 0 amide bonds. The van der Waals surface area contributed by atoms with E-state index in [4.69, 9.17) is 29.0 Å². The lowest BCUT2D eigenvalue weighted by atomic mass is 10.3. The van der Waals surface area contributed by atoms with Crippen LogP contribution in [0, 0.1) is 0 Å². The summed E-state index contributed by atoms with van der Waals surface area (Å²) < 4.78 is 26.7. The molecule has 0 bridgehead atoms. The van der Waals surface area contributed by atoms with Crippen LogP contribution < -0.4 is 16.0 Å². The van der Waals surface area contributed by atoms with Gasteiger partial charge in [0.2, 0.25) is 0 Å². The third-order valence-electron chi connectivity index (χ3n) is 2.36. The number of rotatable bonds is 4. The molecule has 0 spiro atoms. The van der Waals surface area contributed by atoms with Gasteiger partial charge in [0.25, 0.3) is 10.0 Å². The quantitative estimate of drug-likeness (QED) is 0.590. The van der Waals surface area contributed by atoms with Crippen molar-refractivity contribution in [3.63, 3.8) is 0 Å². The predicted molar refractivity (Wildman–Crippen MR) is 79.3 cm³/mol. The monoisotopic (exact) mass is 332 g/mol. The fraction of sp³-hybridized carbons (Fsp3) is 0. The average molecular weight is 333 g/mol. The third kappa shape index (κ3) is 3.31. The molecule has 0 radical (unpaired) electrons. The number of pyridine rings is 1. The first-order valence-electron chi connectivity index (χ1n) is 5.33. The summed E-state index contributed by atoms with van der Waals surface area (Å²) in [5, 5.41) is 0.613. The van der Waals surface area contributed by atoms with Gasteiger partial charge >= 0.3 is 0 Å². The van der Waals surface area contributed by atoms with Crippen LogP contribution in [-0.2, 0) is 10.0 Å². The number of hydrazine groups is 1. The molecule has 4 N–H and O–H groups in total. The van der Waals surface area contributed by atoms with E-state index in [1.54, 1.807) is 24.3 Å². The molecule has 0 aliphatic rings. The third-order valence-corrected chi connectivity index (χ3v) is 4.25. The molecule has 1 heterocycles. The number of nitrogens with two attached hydrogens (primary N) is 1. The van der Waals surface area contributed by atoms with E-state index in [1.165, 1.54) is 6.07 Å². The van der Waals surface area contributed by atoms with E-state index in [9.17, 15) is 8.42 Å². The molecule has 9 heteroatoms. The molecule has 0 atom stereocenters. The molecule has 0 aliphatic carbocycles. The number of anilines is 2. The van der Waals surface area contributed by atoms with Crippen LogP contribution in [0.2, 0.25) is 10.0 Å². The molecule has 1 aromatic heterocycles. The van der Waals surface area contributed by atoms with Crippen LogP contribution in [0.25, 0.3) is 0 Å². The Labute approximate surface area is 125 Å². The number of nitrogens with zero attached hydrogens (tertiary/aromatic N) is 1. The number of nitrogens with one attached hydrogen (secondary N) is 2. The number of sulfonamides is 1. The Bertz CT molecular complexity index is 720. The molecule has 1 aromatic carbocycles. The van der Waals surface area contributed by atoms with E-state index < -0.39 is 10.0 Å². The highest BCUT2D eigenvalue weighted by Gasteiger charge is 2.16. The Morgan fingerprint density at radius 1 is 1.15 bits per heavy atom. The summed E-state index contributed by atoms with van der Waals surface area (Å²) in [7, 11) is -3.78. The summed E-state index contributed by atoms with van der Waals surface area (Å²) in [6.45, 7) is 0. The summed E-state index contributed by atoms with van der Waals surface area (Å²) in [4.78, 5) is 3.74. The second-order valence-corrected chi connectivity index (χ2v) is 6.28. The van der Waals surface area contributed by atoms with Gasteiger partial charge in [0.15, 0.2) is 5.82 Å². The zero-order valence-corrected chi connectivity index (χ0v) is 12.3. The summed E-state index contributed by atoms with van der Waals surface area (Å²) in [5.41, 5.74) is 2.64. The molecule has 2 rings (SSSR count). The molecule has 20 heavy (non-hydrogen) atoms. The molecular formula is C11H10Cl2N4O2S. The van der Waals surface area contributed by atoms with E-state index >= 15 is 0 Å². The molecule has 0 saturated heterocycles. The van der Waals surface area contributed by atoms with E-state index in [1.807, 2.05) is 0 Å². The van der Waals surface area contributed by atoms with Gasteiger partial charge < -0.3 is 5.43 Å². The second-order valence-electron chi connectivity index (χ2n) is 3.76. The normalized spacial score (nSPS) is 11.2. The van der Waals surface area contributed by atoms with Crippen molar-refractivity contribution < 1.29 is 8.42 Å². The molecule has 2 aromatic rings. The van der Waals surface area contributed by atoms with Gasteiger partial charge in [0.05, 0.1) is 5.02 Å². The van der Waals surface area contributed by atoms with Gasteiger partial charge in [0.1, 0.15) is 4.90 Å². The fourth-order valence-electron chi connectivity index (χ4n) is 1.41. The van der Waals surface area contributed by atoms with Gasteiger partial charge in [-0.25, -0.2) is 19.2 Å². The van der Waals surface area contributed by atoms with Gasteiger partial charge in [0, 0.05) is 16.9 Å². The lowest BCUT2D eigenvalue weighted by Crippen LogP contribution is -2.14. The van der Waals surface area contributed by atoms with Gasteiger partial charge in [-0.3, -0.25) is 4.72 Å². The smallest absolute Gasteiger partial charge is 0.263 e. The molecule has 0 saturated carbocycles. The lowest BCUT2D eigenvalue weighted by molar-refractivity contribution is 0.601. The first-order chi connectivity index (χ1) is 9.42. The molecule has 0 fully saturated rings. The van der Waals surface area contributed by atoms with E-state index in [0.29, 0.717) is 10.7 Å². The second kappa shape index (κ2) is 5.84. The van der Waals surface area contributed by atoms with Crippen LogP contribution >= 0.6 is 23.2 Å². The topological polar surface area (TPSA) is 97.1 Å². The van der Waals surface area contributed by atoms with Crippen LogP contribution in [0.1, 0.15) is 0 Å². The fourth-order valence-corrected chi connectivity index (χ4v) is 2.85. The SMILES string of the molecule is NNc1ncc(S(=O)(=O)Nc2ccc(Cl)cc2)cc1Cl. The van der Waals surface area contributed by atoms with E-state index in [2.05, 4.69) is 15.1 Å². The minimum absolute atomic E-state index is 0.0727. The van der Waals surface area contributed by atoms with Crippen molar-refractivity contribution in [1.82, 2.24) is 4.98 Å².